The topological polar surface area (TPSA) is 41.6 Å². The van der Waals surface area contributed by atoms with E-state index in [4.69, 9.17) is 11.6 Å². The second kappa shape index (κ2) is 5.82. The first kappa shape index (κ1) is 13.4. The van der Waals surface area contributed by atoms with E-state index < -0.39 is 0 Å². The van der Waals surface area contributed by atoms with Crippen molar-refractivity contribution in [2.45, 2.75) is 6.54 Å². The Balaban J connectivity index is 1.93. The van der Waals surface area contributed by atoms with Crippen molar-refractivity contribution in [2.75, 3.05) is 0 Å². The van der Waals surface area contributed by atoms with Gasteiger partial charge in [-0.25, -0.2) is 4.98 Å². The van der Waals surface area contributed by atoms with Gasteiger partial charge in [-0.15, -0.1) is 0 Å². The highest BCUT2D eigenvalue weighted by molar-refractivity contribution is 6.30. The molecule has 3 nitrogen and oxygen atoms in total. The summed E-state index contributed by atoms with van der Waals surface area (Å²) in [6, 6.07) is 17.6. The molecule has 1 aromatic heterocycles. The molecule has 4 heteroatoms. The van der Waals surface area contributed by atoms with Gasteiger partial charge in [-0.2, -0.15) is 5.26 Å². The highest BCUT2D eigenvalue weighted by Gasteiger charge is 2.04. The number of fused-ring (bicyclic) bond motifs is 1. The van der Waals surface area contributed by atoms with Crippen molar-refractivity contribution in [1.29, 1.82) is 5.26 Å². The molecule has 0 aliphatic carbocycles. The summed E-state index contributed by atoms with van der Waals surface area (Å²) in [7, 11) is 0. The molecule has 102 valence electrons. The predicted molar refractivity (Wildman–Crippen MR) is 84.8 cm³/mol. The summed E-state index contributed by atoms with van der Waals surface area (Å²) >= 11 is 5.96. The molecule has 2 aromatic carbocycles. The van der Waals surface area contributed by atoms with Gasteiger partial charge in [0.2, 0.25) is 0 Å². The maximum absolute atomic E-state index is 9.34. The number of nitriles is 1. The van der Waals surface area contributed by atoms with Crippen LogP contribution < -0.4 is 0 Å². The molecule has 0 saturated heterocycles. The fraction of sp³-hybridized carbons (Fsp3) is 0.0588. The zero-order chi connectivity index (χ0) is 14.7. The lowest BCUT2D eigenvalue weighted by atomic mass is 10.1. The van der Waals surface area contributed by atoms with Gasteiger partial charge in [0.15, 0.2) is 0 Å². The SMILES string of the molecule is N#C/C(=C/c1cccc(Cl)c1)Cn1cnc2ccccc21. The number of para-hydroxylation sites is 2. The standard InChI is InChI=1S/C17H12ClN3/c18-15-5-3-4-13(9-15)8-14(10-19)11-21-12-20-16-6-1-2-7-17(16)21/h1-9,12H,11H2/b14-8-. The molecule has 0 aliphatic rings. The highest BCUT2D eigenvalue weighted by atomic mass is 35.5. The summed E-state index contributed by atoms with van der Waals surface area (Å²) in [5.41, 5.74) is 3.52. The Morgan fingerprint density at radius 1 is 1.24 bits per heavy atom. The number of benzene rings is 2. The lowest BCUT2D eigenvalue weighted by molar-refractivity contribution is 0.830. The van der Waals surface area contributed by atoms with Crippen LogP contribution in [0, 0.1) is 11.3 Å². The van der Waals surface area contributed by atoms with Gasteiger partial charge in [-0.05, 0) is 35.9 Å². The van der Waals surface area contributed by atoms with Crippen molar-refractivity contribution < 1.29 is 0 Å². The minimum Gasteiger partial charge on any atom is -0.325 e. The molecule has 1 heterocycles. The van der Waals surface area contributed by atoms with E-state index in [9.17, 15) is 5.26 Å². The molecule has 3 aromatic rings. The quantitative estimate of drug-likeness (QED) is 0.676. The molecule has 0 radical (unpaired) electrons. The van der Waals surface area contributed by atoms with Crippen molar-refractivity contribution in [1.82, 2.24) is 9.55 Å². The van der Waals surface area contributed by atoms with Crippen molar-refractivity contribution >= 4 is 28.7 Å². The third-order valence-electron chi connectivity index (χ3n) is 3.20. The maximum Gasteiger partial charge on any atom is 0.0966 e. The van der Waals surface area contributed by atoms with Gasteiger partial charge in [-0.3, -0.25) is 0 Å². The first-order valence-corrected chi connectivity index (χ1v) is 6.90. The Labute approximate surface area is 127 Å². The molecule has 3 rings (SSSR count). The zero-order valence-corrected chi connectivity index (χ0v) is 12.0. The van der Waals surface area contributed by atoms with Gasteiger partial charge in [0.05, 0.1) is 30.0 Å². The molecule has 0 bridgehead atoms. The minimum atomic E-state index is 0.490. The Morgan fingerprint density at radius 3 is 2.90 bits per heavy atom. The molecule has 21 heavy (non-hydrogen) atoms. The van der Waals surface area contributed by atoms with Crippen LogP contribution in [0.3, 0.4) is 0 Å². The second-order valence-corrected chi connectivity index (χ2v) is 5.13. The Hall–Kier alpha value is -2.57. The van der Waals surface area contributed by atoms with Gasteiger partial charge in [0.1, 0.15) is 0 Å². The maximum atomic E-state index is 9.34. The van der Waals surface area contributed by atoms with Gasteiger partial charge < -0.3 is 4.57 Å². The summed E-state index contributed by atoms with van der Waals surface area (Å²) in [4.78, 5) is 4.33. The lowest BCUT2D eigenvalue weighted by Crippen LogP contribution is -1.98. The van der Waals surface area contributed by atoms with Crippen LogP contribution in [0.4, 0.5) is 0 Å². The van der Waals surface area contributed by atoms with Crippen LogP contribution in [-0.2, 0) is 6.54 Å². The first-order chi connectivity index (χ1) is 10.3. The number of hydrogen-bond acceptors (Lipinski definition) is 2. The Bertz CT molecular complexity index is 856. The first-order valence-electron chi connectivity index (χ1n) is 6.52. The van der Waals surface area contributed by atoms with E-state index >= 15 is 0 Å². The molecule has 0 N–H and O–H groups in total. The summed E-state index contributed by atoms with van der Waals surface area (Å²) in [5, 5.41) is 10.0. The molecule has 0 saturated carbocycles. The summed E-state index contributed by atoms with van der Waals surface area (Å²) in [6.45, 7) is 0.490. The Kier molecular flexibility index (Phi) is 3.72. The Morgan fingerprint density at radius 2 is 2.10 bits per heavy atom. The van der Waals surface area contributed by atoms with E-state index in [1.165, 1.54) is 0 Å². The normalized spacial score (nSPS) is 11.5. The largest absolute Gasteiger partial charge is 0.325 e. The second-order valence-electron chi connectivity index (χ2n) is 4.70. The zero-order valence-electron chi connectivity index (χ0n) is 11.2. The van der Waals surface area contributed by atoms with Gasteiger partial charge in [0, 0.05) is 10.6 Å². The molecule has 0 atom stereocenters. The molecule has 0 amide bonds. The van der Waals surface area contributed by atoms with Gasteiger partial charge in [0.25, 0.3) is 0 Å². The predicted octanol–water partition coefficient (Wildman–Crippen LogP) is 4.30. The van der Waals surface area contributed by atoms with Crippen LogP contribution in [0.25, 0.3) is 17.1 Å². The molecule has 0 spiro atoms. The highest BCUT2D eigenvalue weighted by Crippen LogP contribution is 2.17. The smallest absolute Gasteiger partial charge is 0.0966 e. The molecular formula is C17H12ClN3. The fourth-order valence-electron chi connectivity index (χ4n) is 2.23. The summed E-state index contributed by atoms with van der Waals surface area (Å²) in [6.07, 6.45) is 3.61. The molecule has 0 fully saturated rings. The van der Waals surface area contributed by atoms with E-state index in [2.05, 4.69) is 11.1 Å². The summed E-state index contributed by atoms with van der Waals surface area (Å²) < 4.78 is 1.97. The number of halogens is 1. The van der Waals surface area contributed by atoms with Crippen LogP contribution in [0.1, 0.15) is 5.56 Å². The molecule has 0 unspecified atom stereocenters. The third kappa shape index (κ3) is 2.96. The number of hydrogen-bond donors (Lipinski definition) is 0. The van der Waals surface area contributed by atoms with E-state index in [1.807, 2.05) is 59.2 Å². The van der Waals surface area contributed by atoms with Crippen LogP contribution in [-0.4, -0.2) is 9.55 Å². The number of aromatic nitrogens is 2. The fourth-order valence-corrected chi connectivity index (χ4v) is 2.43. The van der Waals surface area contributed by atoms with Crippen molar-refractivity contribution in [3.8, 4) is 6.07 Å². The average molecular weight is 294 g/mol. The van der Waals surface area contributed by atoms with Crippen molar-refractivity contribution in [3.05, 3.63) is 71.0 Å². The number of allylic oxidation sites excluding steroid dienone is 1. The summed E-state index contributed by atoms with van der Waals surface area (Å²) in [5.74, 6) is 0. The van der Waals surface area contributed by atoms with Crippen LogP contribution in [0.15, 0.2) is 60.4 Å². The molecular weight excluding hydrogens is 282 g/mol. The number of rotatable bonds is 3. The number of nitrogens with zero attached hydrogens (tertiary/aromatic N) is 3. The van der Waals surface area contributed by atoms with Gasteiger partial charge in [-0.1, -0.05) is 35.9 Å². The average Bonchev–Trinajstić information content (AvgIpc) is 2.90. The van der Waals surface area contributed by atoms with E-state index in [0.717, 1.165) is 16.6 Å². The van der Waals surface area contributed by atoms with E-state index in [-0.39, 0.29) is 0 Å². The number of imidazole rings is 1. The minimum absolute atomic E-state index is 0.490. The van der Waals surface area contributed by atoms with E-state index in [1.54, 1.807) is 6.33 Å². The monoisotopic (exact) mass is 293 g/mol. The molecule has 0 aliphatic heterocycles. The van der Waals surface area contributed by atoms with Crippen molar-refractivity contribution in [3.63, 3.8) is 0 Å². The van der Waals surface area contributed by atoms with Crippen molar-refractivity contribution in [2.24, 2.45) is 0 Å². The van der Waals surface area contributed by atoms with Gasteiger partial charge >= 0.3 is 0 Å². The third-order valence-corrected chi connectivity index (χ3v) is 3.44. The van der Waals surface area contributed by atoms with Crippen LogP contribution >= 0.6 is 11.6 Å². The van der Waals surface area contributed by atoms with E-state index in [0.29, 0.717) is 17.1 Å². The lowest BCUT2D eigenvalue weighted by Gasteiger charge is -2.03. The van der Waals surface area contributed by atoms with Crippen LogP contribution in [0.5, 0.6) is 0 Å². The van der Waals surface area contributed by atoms with Crippen LogP contribution in [0.2, 0.25) is 5.02 Å².